The summed E-state index contributed by atoms with van der Waals surface area (Å²) < 4.78 is 13.4. The van der Waals surface area contributed by atoms with Crippen LogP contribution in [0.2, 0.25) is 5.02 Å². The molecule has 0 bridgehead atoms. The van der Waals surface area contributed by atoms with Crippen LogP contribution in [-0.2, 0) is 16.0 Å². The van der Waals surface area contributed by atoms with Crippen molar-refractivity contribution >= 4 is 40.7 Å². The fraction of sp³-hybridized carbons (Fsp3) is 0.381. The van der Waals surface area contributed by atoms with Crippen LogP contribution in [0.5, 0.6) is 0 Å². The predicted molar refractivity (Wildman–Crippen MR) is 118 cm³/mol. The zero-order valence-corrected chi connectivity index (χ0v) is 18.8. The summed E-state index contributed by atoms with van der Waals surface area (Å²) in [7, 11) is 0. The van der Waals surface area contributed by atoms with E-state index in [-0.39, 0.29) is 17.0 Å². The molecule has 178 valence electrons. The molecule has 7 N–H and O–H groups in total. The molecule has 12 heteroatoms. The summed E-state index contributed by atoms with van der Waals surface area (Å²) in [6, 6.07) is 4.43. The van der Waals surface area contributed by atoms with E-state index >= 15 is 0 Å². The average molecular weight is 500 g/mol. The van der Waals surface area contributed by atoms with Crippen LogP contribution in [0.4, 0.5) is 4.39 Å². The second kappa shape index (κ2) is 10.1. The van der Waals surface area contributed by atoms with Crippen LogP contribution in [0.15, 0.2) is 35.7 Å². The Kier molecular flexibility index (Phi) is 7.70. The minimum absolute atomic E-state index is 0.0219. The molecule has 3 amide bonds. The number of aliphatic hydroxyl groups excluding tert-OH is 2. The van der Waals surface area contributed by atoms with Gasteiger partial charge >= 0.3 is 0 Å². The summed E-state index contributed by atoms with van der Waals surface area (Å²) in [4.78, 5) is 38.0. The molecule has 9 nitrogen and oxygen atoms in total. The Morgan fingerprint density at radius 3 is 2.61 bits per heavy atom. The van der Waals surface area contributed by atoms with Crippen LogP contribution in [0, 0.1) is 5.82 Å². The first-order valence-electron chi connectivity index (χ1n) is 9.97. The number of hydrogen-bond donors (Lipinski definition) is 6. The Morgan fingerprint density at radius 1 is 1.27 bits per heavy atom. The number of carbonyl (C=O) groups excluding carboxylic acids is 3. The number of nitrogens with two attached hydrogens (primary N) is 1. The zero-order valence-electron chi connectivity index (χ0n) is 17.2. The largest absolute Gasteiger partial charge is 0.390 e. The zero-order chi connectivity index (χ0) is 24.3. The number of benzene rings is 1. The number of aliphatic hydroxyl groups is 3. The molecular weight excluding hydrogens is 477 g/mol. The second-order valence-corrected chi connectivity index (χ2v) is 9.36. The van der Waals surface area contributed by atoms with Gasteiger partial charge in [0, 0.05) is 29.7 Å². The van der Waals surface area contributed by atoms with Gasteiger partial charge in [0.2, 0.25) is 5.91 Å². The van der Waals surface area contributed by atoms with E-state index in [1.807, 2.05) is 0 Å². The summed E-state index contributed by atoms with van der Waals surface area (Å²) in [5.74, 6) is -3.27. The third-order valence-electron chi connectivity index (χ3n) is 5.47. The van der Waals surface area contributed by atoms with Crippen molar-refractivity contribution in [3.05, 3.63) is 57.0 Å². The summed E-state index contributed by atoms with van der Waals surface area (Å²) >= 11 is 7.05. The molecule has 33 heavy (non-hydrogen) atoms. The number of nitrogens with one attached hydrogen (secondary N) is 2. The van der Waals surface area contributed by atoms with Gasteiger partial charge in [0.15, 0.2) is 0 Å². The quantitative estimate of drug-likeness (QED) is 0.316. The summed E-state index contributed by atoms with van der Waals surface area (Å²) in [5, 5.41) is 37.9. The molecule has 1 aromatic carbocycles. The van der Waals surface area contributed by atoms with E-state index < -0.39 is 66.3 Å². The van der Waals surface area contributed by atoms with E-state index in [2.05, 4.69) is 10.6 Å². The van der Waals surface area contributed by atoms with E-state index in [1.54, 1.807) is 17.5 Å². The third-order valence-corrected chi connectivity index (χ3v) is 6.65. The summed E-state index contributed by atoms with van der Waals surface area (Å²) in [6.07, 6.45) is -3.91. The third kappa shape index (κ3) is 5.87. The number of amides is 3. The van der Waals surface area contributed by atoms with E-state index in [0.29, 0.717) is 0 Å². The Morgan fingerprint density at radius 2 is 2.00 bits per heavy atom. The Labute approximate surface area is 197 Å². The van der Waals surface area contributed by atoms with Gasteiger partial charge < -0.3 is 31.7 Å². The van der Waals surface area contributed by atoms with Crippen molar-refractivity contribution in [2.24, 2.45) is 5.73 Å². The minimum atomic E-state index is -2.21. The predicted octanol–water partition coefficient (Wildman–Crippen LogP) is 0.0985. The van der Waals surface area contributed by atoms with E-state index in [0.717, 1.165) is 17.0 Å². The topological polar surface area (TPSA) is 162 Å². The van der Waals surface area contributed by atoms with Gasteiger partial charge in [0.25, 0.3) is 11.8 Å². The first-order chi connectivity index (χ1) is 15.5. The molecule has 1 aliphatic carbocycles. The van der Waals surface area contributed by atoms with Crippen LogP contribution in [0.25, 0.3) is 0 Å². The fourth-order valence-electron chi connectivity index (χ4n) is 3.66. The lowest BCUT2D eigenvalue weighted by Crippen LogP contribution is -2.64. The van der Waals surface area contributed by atoms with Gasteiger partial charge in [-0.2, -0.15) is 0 Å². The normalized spacial score (nSPS) is 25.8. The first kappa shape index (κ1) is 25.1. The molecule has 0 saturated heterocycles. The lowest BCUT2D eigenvalue weighted by Gasteiger charge is -2.41. The lowest BCUT2D eigenvalue weighted by atomic mass is 9.77. The number of halogens is 2. The molecule has 0 aliphatic heterocycles. The molecule has 1 heterocycles. The van der Waals surface area contributed by atoms with Gasteiger partial charge in [-0.25, -0.2) is 4.39 Å². The van der Waals surface area contributed by atoms with E-state index in [4.69, 9.17) is 17.3 Å². The maximum atomic E-state index is 13.4. The molecule has 0 radical (unpaired) electrons. The maximum absolute atomic E-state index is 13.4. The van der Waals surface area contributed by atoms with Crippen LogP contribution in [0.3, 0.4) is 0 Å². The van der Waals surface area contributed by atoms with Crippen molar-refractivity contribution in [2.45, 2.75) is 49.2 Å². The first-order valence-corrected chi connectivity index (χ1v) is 11.2. The monoisotopic (exact) mass is 499 g/mol. The number of hydrogen-bond acceptors (Lipinski definition) is 7. The van der Waals surface area contributed by atoms with Crippen molar-refractivity contribution in [2.75, 3.05) is 0 Å². The van der Waals surface area contributed by atoms with Crippen LogP contribution >= 0.6 is 22.9 Å². The highest BCUT2D eigenvalue weighted by Crippen LogP contribution is 2.30. The van der Waals surface area contributed by atoms with Gasteiger partial charge in [-0.15, -0.1) is 11.3 Å². The van der Waals surface area contributed by atoms with Crippen molar-refractivity contribution in [1.82, 2.24) is 10.6 Å². The number of rotatable bonds is 7. The molecule has 2 aromatic rings. The summed E-state index contributed by atoms with van der Waals surface area (Å²) in [6.45, 7) is 0. The number of thiophene rings is 1. The van der Waals surface area contributed by atoms with Crippen LogP contribution in [0.1, 0.15) is 28.1 Å². The van der Waals surface area contributed by atoms with E-state index in [9.17, 15) is 34.1 Å². The van der Waals surface area contributed by atoms with Crippen LogP contribution in [-0.4, -0.2) is 62.9 Å². The van der Waals surface area contributed by atoms with E-state index in [1.165, 1.54) is 17.4 Å². The highest BCUT2D eigenvalue weighted by Gasteiger charge is 2.49. The second-order valence-electron chi connectivity index (χ2n) is 7.92. The smallest absolute Gasteiger partial charge is 0.252 e. The Hall–Kier alpha value is -2.57. The SMILES string of the molecule is NC(=O)C(Cc1cccs1)NC(=O)C1(O)CC(O)C(O)C(NC(=O)c2ccc(F)c(Cl)c2)C1. The average Bonchev–Trinajstić information content (AvgIpc) is 3.26. The molecule has 1 aliphatic rings. The maximum Gasteiger partial charge on any atom is 0.252 e. The molecule has 5 unspecified atom stereocenters. The standard InChI is InChI=1S/C21H23ClFN3O6S/c22-12-6-10(3-4-13(12)23)19(30)25-15-8-21(32,9-16(27)17(15)28)20(31)26-14(18(24)29)7-11-2-1-5-33-11/h1-6,14-17,27-28,32H,7-9H2,(H2,24,29)(H,25,30)(H,26,31). The van der Waals surface area contributed by atoms with Gasteiger partial charge in [0.05, 0.1) is 17.2 Å². The number of primary amides is 1. The molecule has 1 saturated carbocycles. The molecule has 1 aromatic heterocycles. The van der Waals surface area contributed by atoms with Gasteiger partial charge in [-0.1, -0.05) is 17.7 Å². The molecule has 5 atom stereocenters. The summed E-state index contributed by atoms with van der Waals surface area (Å²) in [5.41, 5.74) is 3.16. The van der Waals surface area contributed by atoms with Crippen LogP contribution < -0.4 is 16.4 Å². The van der Waals surface area contributed by atoms with Gasteiger partial charge in [0.1, 0.15) is 23.6 Å². The highest BCUT2D eigenvalue weighted by atomic mass is 35.5. The van der Waals surface area contributed by atoms with Crippen molar-refractivity contribution in [3.8, 4) is 0 Å². The van der Waals surface area contributed by atoms with Gasteiger partial charge in [-0.05, 0) is 29.6 Å². The van der Waals surface area contributed by atoms with Gasteiger partial charge in [-0.3, -0.25) is 14.4 Å². The molecule has 3 rings (SSSR count). The minimum Gasteiger partial charge on any atom is -0.390 e. The molecule has 1 fully saturated rings. The molecule has 0 spiro atoms. The number of carbonyl (C=O) groups is 3. The highest BCUT2D eigenvalue weighted by molar-refractivity contribution is 7.09. The Bertz CT molecular complexity index is 1040. The van der Waals surface area contributed by atoms with Crippen molar-refractivity contribution < 1.29 is 34.1 Å². The Balaban J connectivity index is 1.73. The van der Waals surface area contributed by atoms with Crippen molar-refractivity contribution in [1.29, 1.82) is 0 Å². The molecular formula is C21H23ClFN3O6S. The fourth-order valence-corrected chi connectivity index (χ4v) is 4.59. The lowest BCUT2D eigenvalue weighted by molar-refractivity contribution is -0.159. The van der Waals surface area contributed by atoms with Crippen molar-refractivity contribution in [3.63, 3.8) is 0 Å².